The van der Waals surface area contributed by atoms with Crippen molar-refractivity contribution in [3.8, 4) is 5.75 Å². The van der Waals surface area contributed by atoms with Gasteiger partial charge in [0.25, 0.3) is 11.3 Å². The van der Waals surface area contributed by atoms with Gasteiger partial charge in [-0.25, -0.2) is 9.38 Å². The molecule has 194 valence electrons. The van der Waals surface area contributed by atoms with Crippen LogP contribution in [0, 0.1) is 26.0 Å². The van der Waals surface area contributed by atoms with Crippen LogP contribution in [0.15, 0.2) is 76.0 Å². The average Bonchev–Trinajstić information content (AvgIpc) is 3.22. The number of thiazole rings is 1. The maximum absolute atomic E-state index is 13.8. The summed E-state index contributed by atoms with van der Waals surface area (Å²) >= 11 is 1.04. The lowest BCUT2D eigenvalue weighted by molar-refractivity contribution is -0.396. The fraction of sp³-hybridized carbons (Fsp3) is 0.111. The van der Waals surface area contributed by atoms with Crippen molar-refractivity contribution in [1.29, 1.82) is 0 Å². The Morgan fingerprint density at radius 3 is 2.36 bits per heavy atom. The second-order valence-corrected chi connectivity index (χ2v) is 10.1. The predicted molar refractivity (Wildman–Crippen MR) is 141 cm³/mol. The van der Waals surface area contributed by atoms with Crippen LogP contribution in [0.2, 0.25) is 0 Å². The molecule has 1 N–H and O–H groups in total. The number of aromatic nitrogens is 1. The molecule has 3 aromatic carbocycles. The molecule has 0 saturated carbocycles. The van der Waals surface area contributed by atoms with Crippen molar-refractivity contribution >= 4 is 34.5 Å². The van der Waals surface area contributed by atoms with E-state index >= 15 is 0 Å². The van der Waals surface area contributed by atoms with E-state index in [-0.39, 0.29) is 10.1 Å². The van der Waals surface area contributed by atoms with Crippen LogP contribution >= 0.6 is 11.3 Å². The van der Waals surface area contributed by atoms with Gasteiger partial charge in [-0.05, 0) is 53.3 Å². The Morgan fingerprint density at radius 2 is 1.69 bits per heavy atom. The summed E-state index contributed by atoms with van der Waals surface area (Å²) in [7, 11) is 0. The lowest BCUT2D eigenvalue weighted by Crippen LogP contribution is -2.38. The van der Waals surface area contributed by atoms with Gasteiger partial charge in [-0.3, -0.25) is 29.6 Å². The number of hydrogen-bond acceptors (Lipinski definition) is 8. The molecular weight excluding hydrogens is 527 g/mol. The molecule has 10 nitrogen and oxygen atoms in total. The Balaban J connectivity index is 1.61. The van der Waals surface area contributed by atoms with Gasteiger partial charge < -0.3 is 5.11 Å². The van der Waals surface area contributed by atoms with E-state index in [0.717, 1.165) is 52.3 Å². The van der Waals surface area contributed by atoms with Crippen LogP contribution in [0.3, 0.4) is 0 Å². The summed E-state index contributed by atoms with van der Waals surface area (Å²) in [4.78, 5) is 39.9. The van der Waals surface area contributed by atoms with Gasteiger partial charge in [-0.15, -0.1) is 0 Å². The number of halogens is 1. The van der Waals surface area contributed by atoms with Gasteiger partial charge in [0, 0.05) is 17.7 Å². The molecule has 1 aromatic heterocycles. The van der Waals surface area contributed by atoms with Gasteiger partial charge in [0.1, 0.15) is 5.82 Å². The summed E-state index contributed by atoms with van der Waals surface area (Å²) in [6.45, 7) is 0. The van der Waals surface area contributed by atoms with Crippen molar-refractivity contribution in [2.45, 2.75) is 18.9 Å². The first-order valence-corrected chi connectivity index (χ1v) is 12.6. The molecule has 2 aliphatic rings. The smallest absolute Gasteiger partial charge is 0.318 e. The number of nitro groups is 2. The first-order chi connectivity index (χ1) is 18.7. The molecule has 0 amide bonds. The standard InChI is InChI=1S/C27H17FN4O6S/c28-17-8-5-16(6-9-17)24-19-10-7-15-3-1-2-4-18(15)23(19)29-27-30(24)26(34)22(39-27)13-14-11-20(31(35)36)25(33)21(12-14)32(37)38/h1-6,8-9,11-13,24,33H,7,10H2/b22-13-/t24-/m1/s1. The second kappa shape index (κ2) is 9.10. The number of benzene rings is 3. The quantitative estimate of drug-likeness (QED) is 0.304. The number of nitro benzene ring substituents is 2. The molecule has 0 spiro atoms. The molecule has 6 rings (SSSR count). The Morgan fingerprint density at radius 1 is 1.03 bits per heavy atom. The molecule has 1 aliphatic carbocycles. The number of allylic oxidation sites excluding steroid dienone is 1. The van der Waals surface area contributed by atoms with Crippen LogP contribution < -0.4 is 14.9 Å². The zero-order valence-electron chi connectivity index (χ0n) is 19.9. The normalized spacial score (nSPS) is 16.2. The summed E-state index contributed by atoms with van der Waals surface area (Å²) < 4.78 is 15.5. The number of aryl methyl sites for hydroxylation is 1. The van der Waals surface area contributed by atoms with Crippen LogP contribution in [-0.4, -0.2) is 19.5 Å². The summed E-state index contributed by atoms with van der Waals surface area (Å²) in [6, 6.07) is 15.2. The van der Waals surface area contributed by atoms with Gasteiger partial charge >= 0.3 is 11.4 Å². The van der Waals surface area contributed by atoms with Crippen LogP contribution in [0.4, 0.5) is 15.8 Å². The van der Waals surface area contributed by atoms with Gasteiger partial charge in [0.2, 0.25) is 0 Å². The molecule has 0 unspecified atom stereocenters. The summed E-state index contributed by atoms with van der Waals surface area (Å²) in [6.07, 6.45) is 2.69. The summed E-state index contributed by atoms with van der Waals surface area (Å²) in [5, 5.41) is 32.8. The molecule has 0 radical (unpaired) electrons. The van der Waals surface area contributed by atoms with Gasteiger partial charge in [0.05, 0.1) is 26.1 Å². The molecule has 0 saturated heterocycles. The van der Waals surface area contributed by atoms with Crippen molar-refractivity contribution in [2.75, 3.05) is 0 Å². The molecular formula is C27H17FN4O6S. The third kappa shape index (κ3) is 4.01. The lowest BCUT2D eigenvalue weighted by Gasteiger charge is -2.30. The minimum Gasteiger partial charge on any atom is -0.497 e. The second-order valence-electron chi connectivity index (χ2n) is 9.09. The number of phenols is 1. The van der Waals surface area contributed by atoms with Crippen LogP contribution in [0.25, 0.3) is 11.8 Å². The van der Waals surface area contributed by atoms with E-state index < -0.39 is 44.4 Å². The first-order valence-electron chi connectivity index (χ1n) is 11.8. The van der Waals surface area contributed by atoms with Gasteiger partial charge in [-0.1, -0.05) is 47.7 Å². The van der Waals surface area contributed by atoms with Crippen molar-refractivity contribution < 1.29 is 19.3 Å². The molecule has 1 atom stereocenters. The minimum absolute atomic E-state index is 0.00361. The number of fused-ring (bicyclic) bond motifs is 3. The fourth-order valence-corrected chi connectivity index (χ4v) is 6.11. The highest BCUT2D eigenvalue weighted by Gasteiger charge is 2.33. The Labute approximate surface area is 222 Å². The molecule has 2 heterocycles. The van der Waals surface area contributed by atoms with Crippen LogP contribution in [0.1, 0.15) is 34.7 Å². The lowest BCUT2D eigenvalue weighted by atomic mass is 9.83. The molecule has 0 bridgehead atoms. The zero-order chi connectivity index (χ0) is 27.4. The Kier molecular flexibility index (Phi) is 5.69. The van der Waals surface area contributed by atoms with E-state index in [0.29, 0.717) is 16.8 Å². The fourth-order valence-electron chi connectivity index (χ4n) is 5.11. The molecule has 4 aromatic rings. The molecule has 1 aliphatic heterocycles. The average molecular weight is 545 g/mol. The predicted octanol–water partition coefficient (Wildman–Crippen LogP) is 3.98. The van der Waals surface area contributed by atoms with E-state index in [9.17, 15) is 34.5 Å². The van der Waals surface area contributed by atoms with E-state index in [1.165, 1.54) is 22.8 Å². The monoisotopic (exact) mass is 544 g/mol. The van der Waals surface area contributed by atoms with Crippen molar-refractivity contribution in [2.24, 2.45) is 4.99 Å². The minimum atomic E-state index is -1.06. The number of hydrogen-bond donors (Lipinski definition) is 1. The number of nitrogens with zero attached hydrogens (tertiary/aromatic N) is 4. The maximum Gasteiger partial charge on any atom is 0.318 e. The van der Waals surface area contributed by atoms with E-state index in [1.54, 1.807) is 12.1 Å². The Bertz CT molecular complexity index is 1890. The summed E-state index contributed by atoms with van der Waals surface area (Å²) in [5.41, 5.74) is 2.29. The molecule has 12 heteroatoms. The van der Waals surface area contributed by atoms with Crippen molar-refractivity contribution in [3.63, 3.8) is 0 Å². The highest BCUT2D eigenvalue weighted by Crippen LogP contribution is 2.41. The van der Waals surface area contributed by atoms with Crippen LogP contribution in [-0.2, 0) is 6.42 Å². The molecule has 39 heavy (non-hydrogen) atoms. The largest absolute Gasteiger partial charge is 0.497 e. The molecule has 0 fully saturated rings. The van der Waals surface area contributed by atoms with E-state index in [1.807, 2.05) is 24.3 Å². The Hall–Kier alpha value is -4.97. The number of aromatic hydroxyl groups is 1. The maximum atomic E-state index is 13.8. The van der Waals surface area contributed by atoms with Crippen molar-refractivity contribution in [3.05, 3.63) is 134 Å². The first kappa shape index (κ1) is 24.4. The highest BCUT2D eigenvalue weighted by molar-refractivity contribution is 7.07. The van der Waals surface area contributed by atoms with Crippen molar-refractivity contribution in [1.82, 2.24) is 4.57 Å². The van der Waals surface area contributed by atoms with Gasteiger partial charge in [0.15, 0.2) is 4.80 Å². The third-order valence-electron chi connectivity index (χ3n) is 6.84. The highest BCUT2D eigenvalue weighted by atomic mass is 32.1. The van der Waals surface area contributed by atoms with Crippen LogP contribution in [0.5, 0.6) is 5.75 Å². The number of phenolic OH excluding ortho intramolecular Hbond substituents is 1. The third-order valence-corrected chi connectivity index (χ3v) is 7.82. The SMILES string of the molecule is O=c1/c(=C/c2cc([N+](=O)[O-])c(O)c([N+](=O)[O-])c2)sc2n1[C@H](c1ccc(F)cc1)C1=C(N=2)c2ccccc2CC1. The number of rotatable bonds is 4. The van der Waals surface area contributed by atoms with E-state index in [2.05, 4.69) is 0 Å². The summed E-state index contributed by atoms with van der Waals surface area (Å²) in [5.74, 6) is -1.48. The van der Waals surface area contributed by atoms with E-state index in [4.69, 9.17) is 4.99 Å². The van der Waals surface area contributed by atoms with Gasteiger partial charge in [-0.2, -0.15) is 0 Å². The zero-order valence-corrected chi connectivity index (χ0v) is 20.7. The topological polar surface area (TPSA) is 141 Å².